The SMILES string of the molecule is CC(C)(C)CNc1nc(-c2cnc3ccccn23)ncc1N1CCNCC1. The second-order valence-corrected chi connectivity index (χ2v) is 8.15. The molecule has 0 aromatic carbocycles. The third-order valence-electron chi connectivity index (χ3n) is 4.66. The summed E-state index contributed by atoms with van der Waals surface area (Å²) in [5, 5.41) is 6.96. The van der Waals surface area contributed by atoms with E-state index >= 15 is 0 Å². The lowest BCUT2D eigenvalue weighted by atomic mass is 9.97. The number of rotatable bonds is 4. The first-order valence-corrected chi connectivity index (χ1v) is 9.50. The van der Waals surface area contributed by atoms with Crippen molar-refractivity contribution in [3.8, 4) is 11.5 Å². The Morgan fingerprint density at radius 3 is 2.70 bits per heavy atom. The smallest absolute Gasteiger partial charge is 0.180 e. The van der Waals surface area contributed by atoms with E-state index in [9.17, 15) is 0 Å². The van der Waals surface area contributed by atoms with E-state index in [1.807, 2.05) is 41.2 Å². The number of hydrogen-bond acceptors (Lipinski definition) is 6. The van der Waals surface area contributed by atoms with Crippen LogP contribution in [0.5, 0.6) is 0 Å². The predicted molar refractivity (Wildman–Crippen MR) is 109 cm³/mol. The number of hydrogen-bond donors (Lipinski definition) is 2. The van der Waals surface area contributed by atoms with Crippen molar-refractivity contribution in [3.05, 3.63) is 36.8 Å². The van der Waals surface area contributed by atoms with Crippen molar-refractivity contribution < 1.29 is 0 Å². The van der Waals surface area contributed by atoms with Gasteiger partial charge in [-0.05, 0) is 17.5 Å². The molecule has 7 nitrogen and oxygen atoms in total. The van der Waals surface area contributed by atoms with E-state index in [-0.39, 0.29) is 5.41 Å². The first-order valence-electron chi connectivity index (χ1n) is 9.50. The van der Waals surface area contributed by atoms with Crippen LogP contribution in [0.15, 0.2) is 36.8 Å². The van der Waals surface area contributed by atoms with Gasteiger partial charge >= 0.3 is 0 Å². The molecular formula is C20H27N7. The van der Waals surface area contributed by atoms with E-state index in [1.54, 1.807) is 0 Å². The van der Waals surface area contributed by atoms with Gasteiger partial charge in [-0.25, -0.2) is 15.0 Å². The molecule has 1 fully saturated rings. The summed E-state index contributed by atoms with van der Waals surface area (Å²) < 4.78 is 2.02. The molecule has 1 aliphatic rings. The van der Waals surface area contributed by atoms with Gasteiger partial charge in [0, 0.05) is 38.9 Å². The number of fused-ring (bicyclic) bond motifs is 1. The number of aromatic nitrogens is 4. The van der Waals surface area contributed by atoms with Gasteiger partial charge in [0.1, 0.15) is 11.3 Å². The zero-order valence-corrected chi connectivity index (χ0v) is 16.2. The molecule has 3 aromatic heterocycles. The van der Waals surface area contributed by atoms with Crippen molar-refractivity contribution in [2.45, 2.75) is 20.8 Å². The first kappa shape index (κ1) is 17.7. The molecule has 1 aliphatic heterocycles. The van der Waals surface area contributed by atoms with Crippen LogP contribution >= 0.6 is 0 Å². The third-order valence-corrected chi connectivity index (χ3v) is 4.66. The van der Waals surface area contributed by atoms with E-state index in [1.165, 1.54) is 0 Å². The highest BCUT2D eigenvalue weighted by molar-refractivity contribution is 5.69. The molecule has 142 valence electrons. The second-order valence-electron chi connectivity index (χ2n) is 8.15. The number of piperazine rings is 1. The van der Waals surface area contributed by atoms with Crippen molar-refractivity contribution in [3.63, 3.8) is 0 Å². The third kappa shape index (κ3) is 3.88. The number of nitrogens with zero attached hydrogens (tertiary/aromatic N) is 5. The number of nitrogens with one attached hydrogen (secondary N) is 2. The highest BCUT2D eigenvalue weighted by Crippen LogP contribution is 2.28. The Morgan fingerprint density at radius 2 is 1.93 bits per heavy atom. The van der Waals surface area contributed by atoms with Crippen LogP contribution in [0.4, 0.5) is 11.5 Å². The van der Waals surface area contributed by atoms with Gasteiger partial charge in [0.25, 0.3) is 0 Å². The standard InChI is InChI=1S/C20H27N7/c1-20(2,3)14-24-18-15(26-10-7-21-8-11-26)12-23-19(25-18)16-13-22-17-6-4-5-9-27(16)17/h4-6,9,12-13,21H,7-8,10-11,14H2,1-3H3,(H,23,24,25). The minimum absolute atomic E-state index is 0.162. The van der Waals surface area contributed by atoms with E-state index in [4.69, 9.17) is 4.98 Å². The first-order chi connectivity index (χ1) is 13.0. The topological polar surface area (TPSA) is 70.4 Å². The lowest BCUT2D eigenvalue weighted by Gasteiger charge is -2.31. The minimum atomic E-state index is 0.162. The quantitative estimate of drug-likeness (QED) is 0.741. The van der Waals surface area contributed by atoms with Gasteiger partial charge in [0.15, 0.2) is 11.6 Å². The maximum Gasteiger partial charge on any atom is 0.180 e. The van der Waals surface area contributed by atoms with Crippen LogP contribution in [0.25, 0.3) is 17.2 Å². The van der Waals surface area contributed by atoms with Gasteiger partial charge in [-0.15, -0.1) is 0 Å². The van der Waals surface area contributed by atoms with E-state index in [0.29, 0.717) is 5.82 Å². The zero-order valence-electron chi connectivity index (χ0n) is 16.2. The summed E-state index contributed by atoms with van der Waals surface area (Å²) in [6, 6.07) is 5.96. The normalized spacial score (nSPS) is 15.3. The van der Waals surface area contributed by atoms with Crippen LogP contribution in [-0.2, 0) is 0 Å². The fourth-order valence-electron chi connectivity index (χ4n) is 3.21. The van der Waals surface area contributed by atoms with Gasteiger partial charge in [-0.3, -0.25) is 4.40 Å². The Labute approximate surface area is 159 Å². The van der Waals surface area contributed by atoms with E-state index in [0.717, 1.165) is 55.6 Å². The Kier molecular flexibility index (Phi) is 4.70. The minimum Gasteiger partial charge on any atom is -0.368 e. The number of imidazole rings is 1. The van der Waals surface area contributed by atoms with Crippen molar-refractivity contribution in [1.82, 2.24) is 24.7 Å². The highest BCUT2D eigenvalue weighted by atomic mass is 15.2. The number of anilines is 2. The second kappa shape index (κ2) is 7.15. The monoisotopic (exact) mass is 365 g/mol. The molecule has 0 radical (unpaired) electrons. The Morgan fingerprint density at radius 1 is 1.11 bits per heavy atom. The van der Waals surface area contributed by atoms with Crippen LogP contribution in [0.2, 0.25) is 0 Å². The molecule has 0 spiro atoms. The van der Waals surface area contributed by atoms with Crippen LogP contribution in [0, 0.1) is 5.41 Å². The molecule has 3 aromatic rings. The Balaban J connectivity index is 1.73. The molecule has 27 heavy (non-hydrogen) atoms. The van der Waals surface area contributed by atoms with Crippen LogP contribution in [0.3, 0.4) is 0 Å². The highest BCUT2D eigenvalue weighted by Gasteiger charge is 2.20. The van der Waals surface area contributed by atoms with Crippen LogP contribution in [0.1, 0.15) is 20.8 Å². The molecule has 1 saturated heterocycles. The fraction of sp³-hybridized carbons (Fsp3) is 0.450. The summed E-state index contributed by atoms with van der Waals surface area (Å²) in [6.45, 7) is 11.4. The molecular weight excluding hydrogens is 338 g/mol. The molecule has 0 unspecified atom stereocenters. The van der Waals surface area contributed by atoms with Crippen molar-refractivity contribution in [1.29, 1.82) is 0 Å². The summed E-state index contributed by atoms with van der Waals surface area (Å²) >= 11 is 0. The maximum atomic E-state index is 4.90. The average molecular weight is 365 g/mol. The van der Waals surface area contributed by atoms with Gasteiger partial charge in [0.05, 0.1) is 18.1 Å². The largest absolute Gasteiger partial charge is 0.368 e. The maximum absolute atomic E-state index is 4.90. The van der Waals surface area contributed by atoms with Crippen molar-refractivity contribution in [2.24, 2.45) is 5.41 Å². The van der Waals surface area contributed by atoms with E-state index in [2.05, 4.69) is 46.3 Å². The predicted octanol–water partition coefficient (Wildman–Crippen LogP) is 2.66. The zero-order chi connectivity index (χ0) is 18.9. The molecule has 0 amide bonds. The van der Waals surface area contributed by atoms with Crippen molar-refractivity contribution in [2.75, 3.05) is 42.9 Å². The summed E-state index contributed by atoms with van der Waals surface area (Å²) in [6.07, 6.45) is 5.77. The Bertz CT molecular complexity index is 919. The lowest BCUT2D eigenvalue weighted by Crippen LogP contribution is -2.44. The average Bonchev–Trinajstić information content (AvgIpc) is 3.10. The van der Waals surface area contributed by atoms with Gasteiger partial charge in [-0.2, -0.15) is 0 Å². The molecule has 2 N–H and O–H groups in total. The van der Waals surface area contributed by atoms with Gasteiger partial charge < -0.3 is 15.5 Å². The molecule has 7 heteroatoms. The van der Waals surface area contributed by atoms with Crippen LogP contribution < -0.4 is 15.5 Å². The molecule has 4 heterocycles. The number of pyridine rings is 1. The summed E-state index contributed by atoms with van der Waals surface area (Å²) in [7, 11) is 0. The van der Waals surface area contributed by atoms with Crippen molar-refractivity contribution >= 4 is 17.2 Å². The molecule has 0 atom stereocenters. The molecule has 0 bridgehead atoms. The summed E-state index contributed by atoms with van der Waals surface area (Å²) in [4.78, 5) is 16.4. The molecule has 0 saturated carbocycles. The van der Waals surface area contributed by atoms with Crippen LogP contribution in [-0.4, -0.2) is 52.1 Å². The summed E-state index contributed by atoms with van der Waals surface area (Å²) in [5.74, 6) is 1.58. The fourth-order valence-corrected chi connectivity index (χ4v) is 3.21. The lowest BCUT2D eigenvalue weighted by molar-refractivity contribution is 0.442. The van der Waals surface area contributed by atoms with E-state index < -0.39 is 0 Å². The molecule has 4 rings (SSSR count). The molecule has 0 aliphatic carbocycles. The van der Waals surface area contributed by atoms with Gasteiger partial charge in [0.2, 0.25) is 0 Å². The summed E-state index contributed by atoms with van der Waals surface area (Å²) in [5.41, 5.74) is 3.02. The Hall–Kier alpha value is -2.67. The van der Waals surface area contributed by atoms with Gasteiger partial charge in [-0.1, -0.05) is 26.8 Å².